The van der Waals surface area contributed by atoms with E-state index < -0.39 is 0 Å². The third kappa shape index (κ3) is 3.94. The molecule has 0 spiro atoms. The van der Waals surface area contributed by atoms with E-state index >= 15 is 0 Å². The van der Waals surface area contributed by atoms with Crippen LogP contribution >= 0.6 is 15.9 Å². The Morgan fingerprint density at radius 2 is 2.06 bits per heavy atom. The summed E-state index contributed by atoms with van der Waals surface area (Å²) < 4.78 is 7.36. The Kier molecular flexibility index (Phi) is 4.70. The van der Waals surface area contributed by atoms with Crippen molar-refractivity contribution in [2.24, 2.45) is 0 Å². The SMILES string of the molecule is BrCc1cn(CCOCc2ccccc2)nn1. The maximum atomic E-state index is 5.57. The summed E-state index contributed by atoms with van der Waals surface area (Å²) >= 11 is 3.34. The van der Waals surface area contributed by atoms with E-state index in [0.717, 1.165) is 17.6 Å². The lowest BCUT2D eigenvalue weighted by Gasteiger charge is -2.03. The Balaban J connectivity index is 1.69. The minimum Gasteiger partial charge on any atom is -0.375 e. The maximum Gasteiger partial charge on any atom is 0.0932 e. The molecule has 0 atom stereocenters. The van der Waals surface area contributed by atoms with Gasteiger partial charge in [0.05, 0.1) is 25.5 Å². The Morgan fingerprint density at radius 3 is 2.76 bits per heavy atom. The van der Waals surface area contributed by atoms with E-state index in [-0.39, 0.29) is 0 Å². The molecule has 0 radical (unpaired) electrons. The lowest BCUT2D eigenvalue weighted by Crippen LogP contribution is -2.06. The van der Waals surface area contributed by atoms with Crippen LogP contribution in [0.5, 0.6) is 0 Å². The third-order valence-corrected chi connectivity index (χ3v) is 2.87. The topological polar surface area (TPSA) is 39.9 Å². The van der Waals surface area contributed by atoms with Crippen LogP contribution in [0.3, 0.4) is 0 Å². The van der Waals surface area contributed by atoms with Crippen LogP contribution in [-0.2, 0) is 23.2 Å². The van der Waals surface area contributed by atoms with Crippen molar-refractivity contribution in [3.63, 3.8) is 0 Å². The second kappa shape index (κ2) is 6.51. The van der Waals surface area contributed by atoms with Gasteiger partial charge in [-0.25, -0.2) is 4.68 Å². The molecule has 0 aliphatic heterocycles. The van der Waals surface area contributed by atoms with Gasteiger partial charge in [-0.15, -0.1) is 5.10 Å². The average Bonchev–Trinajstić information content (AvgIpc) is 2.84. The van der Waals surface area contributed by atoms with Crippen molar-refractivity contribution in [2.45, 2.75) is 18.5 Å². The Bertz CT molecular complexity index is 444. The molecular formula is C12H14BrN3O. The fraction of sp³-hybridized carbons (Fsp3) is 0.333. The van der Waals surface area contributed by atoms with E-state index in [0.29, 0.717) is 13.2 Å². The zero-order valence-corrected chi connectivity index (χ0v) is 11.0. The summed E-state index contributed by atoms with van der Waals surface area (Å²) in [6, 6.07) is 10.1. The number of benzene rings is 1. The number of hydrogen-bond acceptors (Lipinski definition) is 3. The molecule has 0 amide bonds. The second-order valence-corrected chi connectivity index (χ2v) is 4.21. The quantitative estimate of drug-likeness (QED) is 0.607. The number of rotatable bonds is 6. The summed E-state index contributed by atoms with van der Waals surface area (Å²) in [5.41, 5.74) is 2.13. The molecule has 0 saturated carbocycles. The lowest BCUT2D eigenvalue weighted by molar-refractivity contribution is 0.110. The number of alkyl halides is 1. The fourth-order valence-corrected chi connectivity index (χ4v) is 1.69. The van der Waals surface area contributed by atoms with Crippen molar-refractivity contribution >= 4 is 15.9 Å². The van der Waals surface area contributed by atoms with Crippen LogP contribution in [0.15, 0.2) is 36.5 Å². The molecule has 1 aromatic heterocycles. The monoisotopic (exact) mass is 295 g/mol. The molecule has 4 nitrogen and oxygen atoms in total. The van der Waals surface area contributed by atoms with Gasteiger partial charge in [-0.2, -0.15) is 0 Å². The average molecular weight is 296 g/mol. The summed E-state index contributed by atoms with van der Waals surface area (Å²) in [6.07, 6.45) is 1.92. The van der Waals surface area contributed by atoms with Gasteiger partial charge in [-0.05, 0) is 5.56 Å². The van der Waals surface area contributed by atoms with Gasteiger partial charge >= 0.3 is 0 Å². The molecule has 0 aliphatic carbocycles. The highest BCUT2D eigenvalue weighted by Crippen LogP contribution is 2.01. The van der Waals surface area contributed by atoms with Crippen LogP contribution < -0.4 is 0 Å². The minimum atomic E-state index is 0.639. The van der Waals surface area contributed by atoms with Crippen molar-refractivity contribution in [3.05, 3.63) is 47.8 Å². The van der Waals surface area contributed by atoms with Crippen LogP contribution in [0.2, 0.25) is 0 Å². The normalized spacial score (nSPS) is 10.6. The van der Waals surface area contributed by atoms with E-state index in [1.54, 1.807) is 4.68 Å². The molecule has 2 aromatic rings. The number of ether oxygens (including phenoxy) is 1. The van der Waals surface area contributed by atoms with Gasteiger partial charge in [-0.3, -0.25) is 0 Å². The van der Waals surface area contributed by atoms with Gasteiger partial charge in [0.2, 0.25) is 0 Å². The predicted octanol–water partition coefficient (Wildman–Crippen LogP) is 2.39. The molecule has 0 bridgehead atoms. The first-order chi connectivity index (χ1) is 8.38. The molecule has 1 aromatic carbocycles. The zero-order chi connectivity index (χ0) is 11.9. The predicted molar refractivity (Wildman–Crippen MR) is 68.8 cm³/mol. The molecular weight excluding hydrogens is 282 g/mol. The lowest BCUT2D eigenvalue weighted by atomic mass is 10.2. The standard InChI is InChI=1S/C12H14BrN3O/c13-8-12-9-16(15-14-12)6-7-17-10-11-4-2-1-3-5-11/h1-5,9H,6-8,10H2. The van der Waals surface area contributed by atoms with E-state index in [2.05, 4.69) is 38.4 Å². The minimum absolute atomic E-state index is 0.639. The van der Waals surface area contributed by atoms with Crippen LogP contribution in [-0.4, -0.2) is 21.6 Å². The van der Waals surface area contributed by atoms with Gasteiger partial charge in [0.1, 0.15) is 0 Å². The molecule has 0 saturated heterocycles. The van der Waals surface area contributed by atoms with Crippen molar-refractivity contribution < 1.29 is 4.74 Å². The Labute approximate surface area is 109 Å². The van der Waals surface area contributed by atoms with Crippen LogP contribution in [0.1, 0.15) is 11.3 Å². The molecule has 0 N–H and O–H groups in total. The number of hydrogen-bond donors (Lipinski definition) is 0. The summed E-state index contributed by atoms with van der Waals surface area (Å²) in [4.78, 5) is 0. The van der Waals surface area contributed by atoms with Crippen LogP contribution in [0.4, 0.5) is 0 Å². The van der Waals surface area contributed by atoms with Crippen molar-refractivity contribution in [2.75, 3.05) is 6.61 Å². The highest BCUT2D eigenvalue weighted by Gasteiger charge is 1.98. The smallest absolute Gasteiger partial charge is 0.0932 e. The Morgan fingerprint density at radius 1 is 1.24 bits per heavy atom. The van der Waals surface area contributed by atoms with Gasteiger partial charge in [0.15, 0.2) is 0 Å². The summed E-state index contributed by atoms with van der Waals surface area (Å²) in [5, 5.41) is 8.70. The third-order valence-electron chi connectivity index (χ3n) is 2.30. The first-order valence-electron chi connectivity index (χ1n) is 5.45. The van der Waals surface area contributed by atoms with Crippen LogP contribution in [0.25, 0.3) is 0 Å². The highest BCUT2D eigenvalue weighted by atomic mass is 79.9. The van der Waals surface area contributed by atoms with Gasteiger partial charge < -0.3 is 4.74 Å². The zero-order valence-electron chi connectivity index (χ0n) is 9.42. The number of halogens is 1. The Hall–Kier alpha value is -1.20. The fourth-order valence-electron chi connectivity index (χ4n) is 1.43. The van der Waals surface area contributed by atoms with Gasteiger partial charge in [-0.1, -0.05) is 51.5 Å². The molecule has 17 heavy (non-hydrogen) atoms. The van der Waals surface area contributed by atoms with Crippen molar-refractivity contribution in [1.29, 1.82) is 0 Å². The second-order valence-electron chi connectivity index (χ2n) is 3.64. The van der Waals surface area contributed by atoms with E-state index in [9.17, 15) is 0 Å². The molecule has 0 aliphatic rings. The molecule has 1 heterocycles. The van der Waals surface area contributed by atoms with Crippen molar-refractivity contribution in [1.82, 2.24) is 15.0 Å². The first kappa shape index (κ1) is 12.3. The van der Waals surface area contributed by atoms with Crippen LogP contribution in [0, 0.1) is 0 Å². The van der Waals surface area contributed by atoms with Gasteiger partial charge in [0.25, 0.3) is 0 Å². The number of aromatic nitrogens is 3. The molecule has 0 fully saturated rings. The van der Waals surface area contributed by atoms with Crippen molar-refractivity contribution in [3.8, 4) is 0 Å². The molecule has 5 heteroatoms. The highest BCUT2D eigenvalue weighted by molar-refractivity contribution is 9.08. The maximum absolute atomic E-state index is 5.57. The molecule has 2 rings (SSSR count). The van der Waals surface area contributed by atoms with E-state index in [4.69, 9.17) is 4.74 Å². The summed E-state index contributed by atoms with van der Waals surface area (Å²) in [6.45, 7) is 2.01. The largest absolute Gasteiger partial charge is 0.375 e. The summed E-state index contributed by atoms with van der Waals surface area (Å²) in [7, 11) is 0. The van der Waals surface area contributed by atoms with E-state index in [1.807, 2.05) is 24.4 Å². The summed E-state index contributed by atoms with van der Waals surface area (Å²) in [5.74, 6) is 0. The first-order valence-corrected chi connectivity index (χ1v) is 6.57. The molecule has 90 valence electrons. The van der Waals surface area contributed by atoms with Gasteiger partial charge in [0, 0.05) is 11.5 Å². The number of nitrogens with zero attached hydrogens (tertiary/aromatic N) is 3. The van der Waals surface area contributed by atoms with E-state index in [1.165, 1.54) is 5.56 Å². The molecule has 0 unspecified atom stereocenters.